The van der Waals surface area contributed by atoms with Crippen LogP contribution in [0.25, 0.3) is 21.5 Å². The van der Waals surface area contributed by atoms with E-state index in [2.05, 4.69) is 96.6 Å². The molecule has 0 aliphatic rings. The zero-order valence-corrected chi connectivity index (χ0v) is 19.8. The highest BCUT2D eigenvalue weighted by atomic mass is 79.9. The van der Waals surface area contributed by atoms with E-state index in [0.717, 1.165) is 45.9 Å². The molecule has 1 N–H and O–H groups in total. The van der Waals surface area contributed by atoms with E-state index >= 15 is 0 Å². The smallest absolute Gasteiger partial charge is 0.123 e. The lowest BCUT2D eigenvalue weighted by atomic mass is 9.79. The van der Waals surface area contributed by atoms with Crippen molar-refractivity contribution in [1.82, 2.24) is 0 Å². The van der Waals surface area contributed by atoms with Gasteiger partial charge in [-0.3, -0.25) is 0 Å². The second kappa shape index (κ2) is 6.57. The molecule has 0 saturated heterocycles. The van der Waals surface area contributed by atoms with Crippen molar-refractivity contribution in [1.29, 1.82) is 0 Å². The lowest BCUT2D eigenvalue weighted by molar-refractivity contribution is 0.479. The van der Waals surface area contributed by atoms with E-state index in [0.29, 0.717) is 5.75 Å². The quantitative estimate of drug-likeness (QED) is 0.183. The third-order valence-electron chi connectivity index (χ3n) is 4.80. The molecule has 0 bridgehead atoms. The van der Waals surface area contributed by atoms with E-state index in [1.54, 1.807) is 6.07 Å². The Labute approximate surface area is 175 Å². The molecule has 0 saturated carbocycles. The fourth-order valence-corrected chi connectivity index (χ4v) is 5.36. The van der Waals surface area contributed by atoms with Crippen molar-refractivity contribution in [2.45, 2.75) is 32.6 Å². The third-order valence-corrected chi connectivity index (χ3v) is 9.63. The van der Waals surface area contributed by atoms with Crippen LogP contribution < -0.4 is 0 Å². The molecule has 1 nitrogen and oxygen atoms in total. The van der Waals surface area contributed by atoms with Gasteiger partial charge < -0.3 is 5.11 Å². The van der Waals surface area contributed by atoms with Crippen molar-refractivity contribution in [2.24, 2.45) is 0 Å². The van der Waals surface area contributed by atoms with Crippen LogP contribution in [0.5, 0.6) is 5.75 Å². The number of hydrogen-bond acceptors (Lipinski definition) is 1. The van der Waals surface area contributed by atoms with Crippen LogP contribution in [0.3, 0.4) is 0 Å². The second-order valence-electron chi connectivity index (χ2n) is 6.57. The maximum atomic E-state index is 10.4. The van der Waals surface area contributed by atoms with Crippen LogP contribution >= 0.6 is 63.7 Å². The largest absolute Gasteiger partial charge is 0.507 e. The van der Waals surface area contributed by atoms with Crippen molar-refractivity contribution < 1.29 is 5.11 Å². The summed E-state index contributed by atoms with van der Waals surface area (Å²) in [6.07, 6.45) is 1.03. The Balaban J connectivity index is 2.55. The number of benzene rings is 3. The van der Waals surface area contributed by atoms with Crippen LogP contribution in [-0.4, -0.2) is 5.11 Å². The van der Waals surface area contributed by atoms with Crippen LogP contribution in [0.15, 0.2) is 42.2 Å². The summed E-state index contributed by atoms with van der Waals surface area (Å²) in [7, 11) is 0. The predicted molar refractivity (Wildman–Crippen MR) is 117 cm³/mol. The zero-order valence-electron chi connectivity index (χ0n) is 13.5. The van der Waals surface area contributed by atoms with E-state index in [9.17, 15) is 5.11 Å². The SMILES string of the molecule is CCC(C)(C)c1ccc(O)c2cc3c(Br)c(Br)c(Br)c(Br)c3cc12. The molecule has 0 aromatic heterocycles. The lowest BCUT2D eigenvalue weighted by Gasteiger charge is -2.26. The van der Waals surface area contributed by atoms with Gasteiger partial charge in [0.2, 0.25) is 0 Å². The van der Waals surface area contributed by atoms with Crippen LogP contribution in [0.1, 0.15) is 32.8 Å². The third kappa shape index (κ3) is 2.85. The molecule has 0 aliphatic carbocycles. The molecule has 0 amide bonds. The van der Waals surface area contributed by atoms with Crippen LogP contribution in [0.4, 0.5) is 0 Å². The minimum atomic E-state index is 0.0376. The molecule has 0 heterocycles. The van der Waals surface area contributed by atoms with Crippen molar-refractivity contribution in [3.8, 4) is 5.75 Å². The summed E-state index contributed by atoms with van der Waals surface area (Å²) >= 11 is 14.6. The summed E-state index contributed by atoms with van der Waals surface area (Å²) in [6, 6.07) is 8.08. The number of rotatable bonds is 2. The van der Waals surface area contributed by atoms with Crippen molar-refractivity contribution in [3.63, 3.8) is 0 Å². The Morgan fingerprint density at radius 1 is 0.792 bits per heavy atom. The van der Waals surface area contributed by atoms with E-state index in [-0.39, 0.29) is 5.41 Å². The van der Waals surface area contributed by atoms with Gasteiger partial charge in [0, 0.05) is 23.3 Å². The van der Waals surface area contributed by atoms with Gasteiger partial charge >= 0.3 is 0 Å². The molecule has 5 heteroatoms. The first-order chi connectivity index (χ1) is 11.2. The monoisotopic (exact) mass is 576 g/mol. The second-order valence-corrected chi connectivity index (χ2v) is 9.74. The summed E-state index contributed by atoms with van der Waals surface area (Å²) in [5.41, 5.74) is 1.29. The first kappa shape index (κ1) is 18.7. The first-order valence-corrected chi connectivity index (χ1v) is 10.8. The van der Waals surface area contributed by atoms with Gasteiger partial charge in [0.1, 0.15) is 5.75 Å². The molecular weight excluding hydrogens is 564 g/mol. The van der Waals surface area contributed by atoms with Gasteiger partial charge in [-0.1, -0.05) is 26.8 Å². The highest BCUT2D eigenvalue weighted by molar-refractivity contribution is 9.15. The van der Waals surface area contributed by atoms with Crippen molar-refractivity contribution in [3.05, 3.63) is 47.7 Å². The van der Waals surface area contributed by atoms with Gasteiger partial charge in [0.15, 0.2) is 0 Å². The number of phenolic OH excluding ortho intramolecular Hbond substituents is 1. The van der Waals surface area contributed by atoms with Crippen molar-refractivity contribution >= 4 is 85.3 Å². The Bertz CT molecular complexity index is 977. The van der Waals surface area contributed by atoms with Crippen molar-refractivity contribution in [2.75, 3.05) is 0 Å². The van der Waals surface area contributed by atoms with Gasteiger partial charge in [-0.15, -0.1) is 0 Å². The average Bonchev–Trinajstić information content (AvgIpc) is 2.57. The Hall–Kier alpha value is -0.1000. The van der Waals surface area contributed by atoms with Crippen LogP contribution in [0, 0.1) is 0 Å². The van der Waals surface area contributed by atoms with E-state index < -0.39 is 0 Å². The molecule has 0 spiro atoms. The molecule has 24 heavy (non-hydrogen) atoms. The Morgan fingerprint density at radius 2 is 1.29 bits per heavy atom. The van der Waals surface area contributed by atoms with Gasteiger partial charge in [-0.2, -0.15) is 0 Å². The molecular formula is C19H16Br4O. The van der Waals surface area contributed by atoms with Gasteiger partial charge in [0.25, 0.3) is 0 Å². The highest BCUT2D eigenvalue weighted by Gasteiger charge is 2.23. The fourth-order valence-electron chi connectivity index (χ4n) is 2.95. The number of fused-ring (bicyclic) bond motifs is 2. The Kier molecular flexibility index (Phi) is 5.11. The minimum absolute atomic E-state index is 0.0376. The van der Waals surface area contributed by atoms with Gasteiger partial charge in [-0.05, 0) is 115 Å². The van der Waals surface area contributed by atoms with Gasteiger partial charge in [0.05, 0.1) is 0 Å². The number of aromatic hydroxyl groups is 1. The van der Waals surface area contributed by atoms with Gasteiger partial charge in [-0.25, -0.2) is 0 Å². The van der Waals surface area contributed by atoms with E-state index in [1.807, 2.05) is 6.07 Å². The number of hydrogen-bond donors (Lipinski definition) is 1. The molecule has 0 radical (unpaired) electrons. The summed E-state index contributed by atoms with van der Waals surface area (Å²) in [5.74, 6) is 0.310. The lowest BCUT2D eigenvalue weighted by Crippen LogP contribution is -2.15. The van der Waals surface area contributed by atoms with Crippen LogP contribution in [-0.2, 0) is 5.41 Å². The fraction of sp³-hybridized carbons (Fsp3) is 0.263. The first-order valence-electron chi connectivity index (χ1n) is 7.61. The molecule has 0 atom stereocenters. The molecule has 126 valence electrons. The summed E-state index contributed by atoms with van der Waals surface area (Å²) in [4.78, 5) is 0. The summed E-state index contributed by atoms with van der Waals surface area (Å²) < 4.78 is 3.88. The topological polar surface area (TPSA) is 20.2 Å². The molecule has 3 rings (SSSR count). The van der Waals surface area contributed by atoms with E-state index in [1.165, 1.54) is 5.56 Å². The highest BCUT2D eigenvalue weighted by Crippen LogP contribution is 2.46. The predicted octanol–water partition coefficient (Wildman–Crippen LogP) is 8.44. The molecule has 3 aromatic rings. The summed E-state index contributed by atoms with van der Waals surface area (Å²) in [6.45, 7) is 6.68. The molecule has 3 aromatic carbocycles. The average molecular weight is 580 g/mol. The Morgan fingerprint density at radius 3 is 1.79 bits per heavy atom. The number of halogens is 4. The zero-order chi connectivity index (χ0) is 17.8. The number of phenols is 1. The summed E-state index contributed by atoms with van der Waals surface area (Å²) in [5, 5.41) is 14.5. The minimum Gasteiger partial charge on any atom is -0.507 e. The normalized spacial score (nSPS) is 12.3. The molecule has 0 fully saturated rings. The molecule has 0 aliphatic heterocycles. The maximum absolute atomic E-state index is 10.4. The van der Waals surface area contributed by atoms with Crippen LogP contribution in [0.2, 0.25) is 0 Å². The van der Waals surface area contributed by atoms with E-state index in [4.69, 9.17) is 0 Å². The standard InChI is InChI=1S/C19H16Br4O/c1-4-19(2,3)13-5-6-14(24)10-8-12-11(7-9(10)13)15(20)17(22)18(23)16(12)21/h5-8,24H,4H2,1-3H3. The maximum Gasteiger partial charge on any atom is 0.123 e. The molecule has 0 unspecified atom stereocenters.